The Morgan fingerprint density at radius 2 is 2.00 bits per heavy atom. The lowest BCUT2D eigenvalue weighted by atomic mass is 9.91. The topological polar surface area (TPSA) is 20.2 Å². The van der Waals surface area contributed by atoms with Crippen LogP contribution in [0.5, 0.6) is 0 Å². The van der Waals surface area contributed by atoms with Crippen molar-refractivity contribution in [3.05, 3.63) is 56.4 Å². The Balaban J connectivity index is 2.27. The highest BCUT2D eigenvalue weighted by Gasteiger charge is 2.27. The van der Waals surface area contributed by atoms with Gasteiger partial charge >= 0.3 is 0 Å². The van der Waals surface area contributed by atoms with E-state index < -0.39 is 5.60 Å². The lowest BCUT2D eigenvalue weighted by Gasteiger charge is -2.23. The molecular weight excluding hydrogens is 303 g/mol. The average Bonchev–Trinajstić information content (AvgIpc) is 2.63. The van der Waals surface area contributed by atoms with E-state index in [9.17, 15) is 9.50 Å². The summed E-state index contributed by atoms with van der Waals surface area (Å²) < 4.78 is 14.6. The highest BCUT2D eigenvalue weighted by atomic mass is 79.9. The van der Waals surface area contributed by atoms with Gasteiger partial charge in [-0.05, 0) is 41.1 Å². The molecule has 90 valence electrons. The third-order valence-electron chi connectivity index (χ3n) is 2.60. The van der Waals surface area contributed by atoms with Crippen LogP contribution in [0.3, 0.4) is 0 Å². The molecule has 0 aliphatic heterocycles. The molecule has 1 unspecified atom stereocenters. The number of benzene rings is 1. The van der Waals surface area contributed by atoms with E-state index in [0.29, 0.717) is 12.0 Å². The van der Waals surface area contributed by atoms with Crippen LogP contribution in [0.1, 0.15) is 17.4 Å². The molecule has 0 aliphatic rings. The normalized spacial score (nSPS) is 14.6. The summed E-state index contributed by atoms with van der Waals surface area (Å²) in [4.78, 5) is 1.02. The molecule has 0 bridgehead atoms. The zero-order valence-corrected chi connectivity index (χ0v) is 11.7. The molecule has 0 aliphatic carbocycles. The Morgan fingerprint density at radius 3 is 2.59 bits per heavy atom. The van der Waals surface area contributed by atoms with Crippen LogP contribution in [0.2, 0.25) is 0 Å². The molecule has 1 atom stereocenters. The molecule has 0 saturated heterocycles. The maximum Gasteiger partial charge on any atom is 0.129 e. The average molecular weight is 315 g/mol. The van der Waals surface area contributed by atoms with Gasteiger partial charge in [-0.3, -0.25) is 0 Å². The van der Waals surface area contributed by atoms with Crippen LogP contribution >= 0.6 is 27.3 Å². The first-order valence-corrected chi connectivity index (χ1v) is 6.81. The van der Waals surface area contributed by atoms with Gasteiger partial charge in [-0.25, -0.2) is 4.39 Å². The summed E-state index contributed by atoms with van der Waals surface area (Å²) in [6, 6.07) is 10.2. The molecule has 2 rings (SSSR count). The Labute approximate surface area is 112 Å². The summed E-state index contributed by atoms with van der Waals surface area (Å²) in [6.07, 6.45) is 0.407. The van der Waals surface area contributed by atoms with Crippen molar-refractivity contribution < 1.29 is 9.50 Å². The van der Waals surface area contributed by atoms with Gasteiger partial charge in [-0.2, -0.15) is 0 Å². The maximum atomic E-state index is 13.6. The minimum Gasteiger partial charge on any atom is -0.385 e. The first-order chi connectivity index (χ1) is 7.99. The van der Waals surface area contributed by atoms with Gasteiger partial charge in [0, 0.05) is 16.9 Å². The lowest BCUT2D eigenvalue weighted by molar-refractivity contribution is 0.0546. The van der Waals surface area contributed by atoms with E-state index in [4.69, 9.17) is 0 Å². The summed E-state index contributed by atoms with van der Waals surface area (Å²) >= 11 is 4.92. The molecule has 1 nitrogen and oxygen atoms in total. The number of rotatable bonds is 3. The molecule has 2 aromatic rings. The van der Waals surface area contributed by atoms with Gasteiger partial charge in [-0.15, -0.1) is 11.3 Å². The SMILES string of the molecule is CC(O)(Cc1ccc(Br)s1)c1ccccc1F. The quantitative estimate of drug-likeness (QED) is 0.904. The van der Waals surface area contributed by atoms with Crippen LogP contribution in [0.4, 0.5) is 4.39 Å². The van der Waals surface area contributed by atoms with E-state index in [-0.39, 0.29) is 5.82 Å². The van der Waals surface area contributed by atoms with Crippen molar-refractivity contribution >= 4 is 27.3 Å². The zero-order valence-electron chi connectivity index (χ0n) is 9.28. The van der Waals surface area contributed by atoms with Crippen molar-refractivity contribution in [1.29, 1.82) is 0 Å². The number of halogens is 2. The smallest absolute Gasteiger partial charge is 0.129 e. The fourth-order valence-corrected chi connectivity index (χ4v) is 3.41. The van der Waals surface area contributed by atoms with E-state index in [0.717, 1.165) is 8.66 Å². The zero-order chi connectivity index (χ0) is 12.5. The monoisotopic (exact) mass is 314 g/mol. The predicted molar refractivity (Wildman–Crippen MR) is 71.7 cm³/mol. The molecule has 0 amide bonds. The number of hydrogen-bond acceptors (Lipinski definition) is 2. The third-order valence-corrected chi connectivity index (χ3v) is 4.23. The van der Waals surface area contributed by atoms with Gasteiger partial charge in [0.15, 0.2) is 0 Å². The summed E-state index contributed by atoms with van der Waals surface area (Å²) in [5.41, 5.74) is -0.847. The van der Waals surface area contributed by atoms with Crippen molar-refractivity contribution in [3.8, 4) is 0 Å². The van der Waals surface area contributed by atoms with E-state index >= 15 is 0 Å². The Hall–Kier alpha value is -0.710. The van der Waals surface area contributed by atoms with Crippen molar-refractivity contribution in [1.82, 2.24) is 0 Å². The fourth-order valence-electron chi connectivity index (χ4n) is 1.78. The van der Waals surface area contributed by atoms with Gasteiger partial charge in [0.1, 0.15) is 5.82 Å². The Bertz CT molecular complexity index is 522. The molecule has 17 heavy (non-hydrogen) atoms. The third kappa shape index (κ3) is 2.94. The summed E-state index contributed by atoms with van der Waals surface area (Å²) in [7, 11) is 0. The van der Waals surface area contributed by atoms with Crippen molar-refractivity contribution in [2.45, 2.75) is 18.9 Å². The maximum absolute atomic E-state index is 13.6. The molecule has 0 fully saturated rings. The van der Waals surface area contributed by atoms with Gasteiger partial charge in [0.05, 0.1) is 9.39 Å². The second-order valence-electron chi connectivity index (χ2n) is 4.14. The largest absolute Gasteiger partial charge is 0.385 e. The minimum absolute atomic E-state index is 0.338. The first kappa shape index (κ1) is 12.7. The van der Waals surface area contributed by atoms with Crippen LogP contribution in [-0.4, -0.2) is 5.11 Å². The molecule has 1 aromatic heterocycles. The second kappa shape index (κ2) is 4.88. The van der Waals surface area contributed by atoms with Gasteiger partial charge < -0.3 is 5.11 Å². The minimum atomic E-state index is -1.18. The van der Waals surface area contributed by atoms with Gasteiger partial charge in [-0.1, -0.05) is 18.2 Å². The summed E-state index contributed by atoms with van der Waals surface area (Å²) in [6.45, 7) is 1.64. The van der Waals surface area contributed by atoms with Crippen LogP contribution in [0.25, 0.3) is 0 Å². The highest BCUT2D eigenvalue weighted by molar-refractivity contribution is 9.11. The molecular formula is C13H12BrFOS. The van der Waals surface area contributed by atoms with Crippen LogP contribution in [-0.2, 0) is 12.0 Å². The molecule has 1 N–H and O–H groups in total. The van der Waals surface area contributed by atoms with E-state index in [1.54, 1.807) is 36.5 Å². The summed E-state index contributed by atoms with van der Waals surface area (Å²) in [5, 5.41) is 10.4. The predicted octanol–water partition coefficient (Wildman–Crippen LogP) is 4.10. The first-order valence-electron chi connectivity index (χ1n) is 5.20. The van der Waals surface area contributed by atoms with Gasteiger partial charge in [0.25, 0.3) is 0 Å². The van der Waals surface area contributed by atoms with Crippen molar-refractivity contribution in [2.24, 2.45) is 0 Å². The Morgan fingerprint density at radius 1 is 1.29 bits per heavy atom. The number of thiophene rings is 1. The van der Waals surface area contributed by atoms with E-state index in [1.165, 1.54) is 6.07 Å². The van der Waals surface area contributed by atoms with E-state index in [2.05, 4.69) is 15.9 Å². The number of aliphatic hydroxyl groups is 1. The molecule has 0 saturated carbocycles. The molecule has 0 radical (unpaired) electrons. The van der Waals surface area contributed by atoms with Crippen molar-refractivity contribution in [3.63, 3.8) is 0 Å². The van der Waals surface area contributed by atoms with Crippen LogP contribution < -0.4 is 0 Å². The second-order valence-corrected chi connectivity index (χ2v) is 6.68. The molecule has 1 heterocycles. The Kier molecular flexibility index (Phi) is 3.66. The molecule has 1 aromatic carbocycles. The standard InChI is InChI=1S/C13H12BrFOS/c1-13(16,8-9-6-7-12(14)17-9)10-4-2-3-5-11(10)15/h2-7,16H,8H2,1H3. The lowest BCUT2D eigenvalue weighted by Crippen LogP contribution is -2.25. The molecule has 0 spiro atoms. The highest BCUT2D eigenvalue weighted by Crippen LogP contribution is 2.31. The van der Waals surface area contributed by atoms with E-state index in [1.807, 2.05) is 12.1 Å². The van der Waals surface area contributed by atoms with Crippen molar-refractivity contribution in [2.75, 3.05) is 0 Å². The fraction of sp³-hybridized carbons (Fsp3) is 0.231. The van der Waals surface area contributed by atoms with Gasteiger partial charge in [0.2, 0.25) is 0 Å². The number of hydrogen-bond donors (Lipinski definition) is 1. The summed E-state index contributed by atoms with van der Waals surface area (Å²) in [5.74, 6) is -0.367. The van der Waals surface area contributed by atoms with Crippen LogP contribution in [0.15, 0.2) is 40.2 Å². The van der Waals surface area contributed by atoms with Crippen LogP contribution in [0, 0.1) is 5.82 Å². The molecule has 4 heteroatoms.